The van der Waals surface area contributed by atoms with E-state index in [0.29, 0.717) is 31.1 Å². The third-order valence-electron chi connectivity index (χ3n) is 5.34. The molecule has 0 N–H and O–H groups in total. The van der Waals surface area contributed by atoms with Gasteiger partial charge in [0.25, 0.3) is 11.8 Å². The number of fused-ring (bicyclic) bond motifs is 1. The van der Waals surface area contributed by atoms with Crippen LogP contribution in [0.25, 0.3) is 9.53 Å². The second-order valence-corrected chi connectivity index (χ2v) is 9.60. The first-order valence-electron chi connectivity index (χ1n) is 10.1. The number of thiophene rings is 1. The molecule has 1 aromatic carbocycles. The maximum atomic E-state index is 13.2. The van der Waals surface area contributed by atoms with Crippen LogP contribution >= 0.6 is 34.3 Å². The first kappa shape index (κ1) is 22.0. The Hall–Kier alpha value is -2.23. The molecule has 164 valence electrons. The summed E-state index contributed by atoms with van der Waals surface area (Å²) in [6.07, 6.45) is 0. The van der Waals surface area contributed by atoms with Gasteiger partial charge in [-0.05, 0) is 38.1 Å². The predicted molar refractivity (Wildman–Crippen MR) is 124 cm³/mol. The third kappa shape index (κ3) is 4.40. The van der Waals surface area contributed by atoms with Crippen molar-refractivity contribution in [3.63, 3.8) is 0 Å². The molecular weight excluding hydrogens is 459 g/mol. The highest BCUT2D eigenvalue weighted by Gasteiger charge is 2.28. The first-order valence-corrected chi connectivity index (χ1v) is 12.1. The van der Waals surface area contributed by atoms with E-state index in [2.05, 4.69) is 23.7 Å². The lowest BCUT2D eigenvalue weighted by Gasteiger charge is -2.34. The maximum Gasteiger partial charge on any atom is 0.264 e. The summed E-state index contributed by atoms with van der Waals surface area (Å²) in [5, 5.41) is 1.08. The van der Waals surface area contributed by atoms with Gasteiger partial charge in [-0.3, -0.25) is 9.59 Å². The van der Waals surface area contributed by atoms with Crippen LogP contribution in [0.15, 0.2) is 24.3 Å². The molecule has 6 nitrogen and oxygen atoms in total. The van der Waals surface area contributed by atoms with Gasteiger partial charge in [0.05, 0.1) is 20.2 Å². The molecule has 1 aliphatic heterocycles. The monoisotopic (exact) mass is 480 g/mol. The molecule has 3 heterocycles. The minimum absolute atomic E-state index is 0.0356. The van der Waals surface area contributed by atoms with Crippen molar-refractivity contribution in [1.82, 2.24) is 14.8 Å². The van der Waals surface area contributed by atoms with E-state index in [1.807, 2.05) is 6.07 Å². The van der Waals surface area contributed by atoms with Crippen LogP contribution in [0.5, 0.6) is 0 Å². The van der Waals surface area contributed by atoms with Crippen LogP contribution in [-0.2, 0) is 0 Å². The largest absolute Gasteiger partial charge is 0.349 e. The smallest absolute Gasteiger partial charge is 0.264 e. The number of aromatic nitrogens is 1. The Labute approximate surface area is 192 Å². The van der Waals surface area contributed by atoms with E-state index in [9.17, 15) is 14.0 Å². The van der Waals surface area contributed by atoms with Crippen molar-refractivity contribution in [2.24, 2.45) is 0 Å². The third-order valence-corrected chi connectivity index (χ3v) is 7.86. The van der Waals surface area contributed by atoms with Crippen molar-refractivity contribution in [3.05, 3.63) is 45.5 Å². The van der Waals surface area contributed by atoms with Gasteiger partial charge in [-0.1, -0.05) is 22.9 Å². The highest BCUT2D eigenvalue weighted by atomic mass is 35.5. The highest BCUT2D eigenvalue weighted by molar-refractivity contribution is 7.29. The van der Waals surface area contributed by atoms with Gasteiger partial charge in [0, 0.05) is 39.3 Å². The van der Waals surface area contributed by atoms with Crippen LogP contribution in [0.2, 0.25) is 5.02 Å². The second kappa shape index (κ2) is 9.10. The van der Waals surface area contributed by atoms with Crippen LogP contribution in [-0.4, -0.2) is 65.9 Å². The number of carbonyl (C=O) groups excluding carboxylic acids is 2. The number of hydrogen-bond acceptors (Lipinski definition) is 6. The summed E-state index contributed by atoms with van der Waals surface area (Å²) in [7, 11) is 0. The molecule has 31 heavy (non-hydrogen) atoms. The molecule has 0 atom stereocenters. The minimum atomic E-state index is -0.480. The van der Waals surface area contributed by atoms with Crippen molar-refractivity contribution in [3.8, 4) is 0 Å². The molecule has 2 amide bonds. The summed E-state index contributed by atoms with van der Waals surface area (Å²) in [5.74, 6) is -0.764. The Bertz CT molecular complexity index is 1090. The Kier molecular flexibility index (Phi) is 6.45. The summed E-state index contributed by atoms with van der Waals surface area (Å²) >= 11 is 9.04. The Morgan fingerprint density at radius 1 is 1.06 bits per heavy atom. The van der Waals surface area contributed by atoms with Gasteiger partial charge in [-0.25, -0.2) is 9.37 Å². The number of amides is 2. The molecule has 1 aliphatic rings. The highest BCUT2D eigenvalue weighted by Crippen LogP contribution is 2.35. The van der Waals surface area contributed by atoms with Crippen molar-refractivity contribution in [1.29, 1.82) is 0 Å². The summed E-state index contributed by atoms with van der Waals surface area (Å²) in [6.45, 7) is 7.68. The number of halogens is 2. The fraction of sp³-hybridized carbons (Fsp3) is 0.381. The van der Waals surface area contributed by atoms with Crippen LogP contribution < -0.4 is 4.90 Å². The van der Waals surface area contributed by atoms with Gasteiger partial charge in [0.15, 0.2) is 5.13 Å². The number of thiazole rings is 1. The van der Waals surface area contributed by atoms with Crippen molar-refractivity contribution >= 4 is 60.8 Å². The van der Waals surface area contributed by atoms with Crippen LogP contribution in [0.1, 0.15) is 33.9 Å². The van der Waals surface area contributed by atoms with E-state index in [-0.39, 0.29) is 22.4 Å². The van der Waals surface area contributed by atoms with E-state index in [4.69, 9.17) is 11.6 Å². The molecule has 3 aromatic rings. The fourth-order valence-corrected chi connectivity index (χ4v) is 6.11. The molecule has 2 aromatic heterocycles. The molecule has 0 bridgehead atoms. The number of piperazine rings is 1. The van der Waals surface area contributed by atoms with Gasteiger partial charge in [0.2, 0.25) is 0 Å². The number of carbonyl (C=O) groups is 2. The predicted octanol–water partition coefficient (Wildman–Crippen LogP) is 4.59. The normalized spacial score (nSPS) is 14.3. The minimum Gasteiger partial charge on any atom is -0.349 e. The zero-order valence-electron chi connectivity index (χ0n) is 17.2. The SMILES string of the molecule is CCN(CC)c1nc2sc(C(=O)N3CCN(C(=O)c4ccc(F)cc4Cl)CC3)cc2s1. The lowest BCUT2D eigenvalue weighted by molar-refractivity contribution is 0.0538. The lowest BCUT2D eigenvalue weighted by Crippen LogP contribution is -2.50. The first-order chi connectivity index (χ1) is 14.9. The van der Waals surface area contributed by atoms with Crippen molar-refractivity contribution < 1.29 is 14.0 Å². The summed E-state index contributed by atoms with van der Waals surface area (Å²) in [6, 6.07) is 5.68. The summed E-state index contributed by atoms with van der Waals surface area (Å²) in [5.41, 5.74) is 0.274. The van der Waals surface area contributed by atoms with Crippen LogP contribution in [0.3, 0.4) is 0 Å². The molecule has 1 saturated heterocycles. The fourth-order valence-electron chi connectivity index (χ4n) is 3.56. The zero-order valence-corrected chi connectivity index (χ0v) is 19.6. The average molecular weight is 481 g/mol. The number of benzene rings is 1. The molecule has 0 saturated carbocycles. The molecule has 10 heteroatoms. The van der Waals surface area contributed by atoms with E-state index >= 15 is 0 Å². The van der Waals surface area contributed by atoms with E-state index in [1.54, 1.807) is 21.1 Å². The number of rotatable bonds is 5. The van der Waals surface area contributed by atoms with Crippen LogP contribution in [0.4, 0.5) is 9.52 Å². The van der Waals surface area contributed by atoms with E-state index < -0.39 is 5.82 Å². The van der Waals surface area contributed by atoms with Crippen LogP contribution in [0, 0.1) is 5.82 Å². The quantitative estimate of drug-likeness (QED) is 0.535. The lowest BCUT2D eigenvalue weighted by atomic mass is 10.1. The van der Waals surface area contributed by atoms with Gasteiger partial charge in [0.1, 0.15) is 10.6 Å². The molecule has 4 rings (SSSR count). The van der Waals surface area contributed by atoms with E-state index in [1.165, 1.54) is 23.5 Å². The average Bonchev–Trinajstić information content (AvgIpc) is 3.33. The molecule has 0 spiro atoms. The Balaban J connectivity index is 1.41. The topological polar surface area (TPSA) is 56.8 Å². The molecular formula is C21H22ClFN4O2S2. The Morgan fingerprint density at radius 2 is 1.71 bits per heavy atom. The summed E-state index contributed by atoms with van der Waals surface area (Å²) in [4.78, 5) is 37.5. The van der Waals surface area contributed by atoms with Crippen molar-refractivity contribution in [2.45, 2.75) is 13.8 Å². The number of anilines is 1. The molecule has 0 radical (unpaired) electrons. The molecule has 0 aliphatic carbocycles. The summed E-state index contributed by atoms with van der Waals surface area (Å²) < 4.78 is 14.3. The second-order valence-electron chi connectivity index (χ2n) is 7.16. The number of nitrogens with zero attached hydrogens (tertiary/aromatic N) is 4. The van der Waals surface area contributed by atoms with Crippen molar-refractivity contribution in [2.75, 3.05) is 44.2 Å². The zero-order chi connectivity index (χ0) is 22.1. The maximum absolute atomic E-state index is 13.2. The molecule has 0 unspecified atom stereocenters. The molecule has 1 fully saturated rings. The van der Waals surface area contributed by atoms with Gasteiger partial charge < -0.3 is 14.7 Å². The Morgan fingerprint density at radius 3 is 2.29 bits per heavy atom. The van der Waals surface area contributed by atoms with Gasteiger partial charge in [-0.2, -0.15) is 0 Å². The van der Waals surface area contributed by atoms with Gasteiger partial charge in [-0.15, -0.1) is 11.3 Å². The van der Waals surface area contributed by atoms with Gasteiger partial charge >= 0.3 is 0 Å². The van der Waals surface area contributed by atoms with E-state index in [0.717, 1.165) is 33.8 Å². The standard InChI is InChI=1S/C21H22ClFN4O2S2/c1-3-25(4-2)21-24-18-16(31-21)12-17(30-18)20(29)27-9-7-26(8-10-27)19(28)14-6-5-13(23)11-15(14)22/h5-6,11-12H,3-4,7-10H2,1-2H3. The number of hydrogen-bond donors (Lipinski definition) is 0.